The van der Waals surface area contributed by atoms with Crippen molar-refractivity contribution >= 4 is 22.0 Å². The molecule has 0 fully saturated rings. The highest BCUT2D eigenvalue weighted by Crippen LogP contribution is 2.06. The minimum atomic E-state index is -1.63. The average Bonchev–Trinajstić information content (AvgIpc) is 2.40. The van der Waals surface area contributed by atoms with Crippen LogP contribution in [-0.4, -0.2) is 20.2 Å². The van der Waals surface area contributed by atoms with Crippen LogP contribution in [0, 0.1) is 6.92 Å². The summed E-state index contributed by atoms with van der Waals surface area (Å²) < 4.78 is 16.0. The predicted molar refractivity (Wildman–Crippen MR) is 73.8 cm³/mol. The molecule has 1 aromatic carbocycles. The third kappa shape index (κ3) is 3.62. The molecule has 0 saturated heterocycles. The third-order valence-electron chi connectivity index (χ3n) is 2.10. The van der Waals surface area contributed by atoms with Crippen molar-refractivity contribution in [2.45, 2.75) is 20.8 Å². The molecule has 0 bridgehead atoms. The zero-order valence-electron chi connectivity index (χ0n) is 11.2. The van der Waals surface area contributed by atoms with Crippen molar-refractivity contribution < 1.29 is 13.5 Å². The summed E-state index contributed by atoms with van der Waals surface area (Å²) in [4.78, 5) is 20.8. The monoisotopic (exact) mass is 284 g/mol. The van der Waals surface area contributed by atoms with Crippen molar-refractivity contribution in [3.8, 4) is 0 Å². The van der Waals surface area contributed by atoms with E-state index in [1.807, 2.05) is 13.8 Å². The average molecular weight is 284 g/mol. The van der Waals surface area contributed by atoms with Crippen molar-refractivity contribution in [3.63, 3.8) is 0 Å². The third-order valence-corrected chi connectivity index (χ3v) is 2.35. The fourth-order valence-electron chi connectivity index (χ4n) is 1.39. The molecular weight excluding hydrogens is 268 g/mol. The quantitative estimate of drug-likeness (QED) is 0.629. The lowest BCUT2D eigenvalue weighted by molar-refractivity contribution is -0.203. The molecule has 2 aromatic rings. The number of aryl methyl sites for hydroxylation is 1. The van der Waals surface area contributed by atoms with Gasteiger partial charge < -0.3 is 0 Å². The molecule has 1 heterocycles. The van der Waals surface area contributed by atoms with Crippen LogP contribution in [0.3, 0.4) is 0 Å². The molecular formula is C12H16N2O4S. The zero-order chi connectivity index (χ0) is 14.4. The predicted octanol–water partition coefficient (Wildman–Crippen LogP) is 1.38. The first-order valence-corrected chi connectivity index (χ1v) is 7.25. The molecule has 0 amide bonds. The molecule has 104 valence electrons. The number of fused-ring (bicyclic) bond motifs is 1. The lowest BCUT2D eigenvalue weighted by Gasteiger charge is -2.07. The van der Waals surface area contributed by atoms with Crippen LogP contribution >= 0.6 is 0 Å². The number of nitrogens with zero attached hydrogens (tertiary/aromatic N) is 2. The number of hydrogen-bond donors (Lipinski definition) is 0. The van der Waals surface area contributed by atoms with Crippen LogP contribution in [0.4, 0.5) is 0 Å². The van der Waals surface area contributed by atoms with E-state index in [-0.39, 0.29) is 0 Å². The summed E-state index contributed by atoms with van der Waals surface area (Å²) in [5.41, 5.74) is 0.172. The standard InChI is InChI=1S/C10H10N2O4S.C2H6/c1-7-11-9-6-4-3-5-8(9)10(13)12(7)15-16-17(2)14;1-2/h3-6H,1-2H3;1-2H3. The summed E-state index contributed by atoms with van der Waals surface area (Å²) in [6, 6.07) is 6.88. The number of aromatic nitrogens is 2. The van der Waals surface area contributed by atoms with Gasteiger partial charge in [-0.3, -0.25) is 4.79 Å². The van der Waals surface area contributed by atoms with E-state index in [1.165, 1.54) is 6.26 Å². The summed E-state index contributed by atoms with van der Waals surface area (Å²) in [6.45, 7) is 5.59. The SMILES string of the molecule is CC.Cc1nc2ccccc2c(=O)n1OOS(C)=O. The second-order valence-electron chi connectivity index (χ2n) is 3.32. The Morgan fingerprint density at radius 2 is 1.89 bits per heavy atom. The van der Waals surface area contributed by atoms with E-state index in [0.29, 0.717) is 16.7 Å². The van der Waals surface area contributed by atoms with E-state index in [1.54, 1.807) is 31.2 Å². The van der Waals surface area contributed by atoms with Gasteiger partial charge in [-0.2, -0.15) is 0 Å². The van der Waals surface area contributed by atoms with Gasteiger partial charge in [-0.05, 0) is 19.1 Å². The molecule has 1 unspecified atom stereocenters. The Kier molecular flexibility index (Phi) is 5.65. The van der Waals surface area contributed by atoms with Crippen LogP contribution in [0.1, 0.15) is 19.7 Å². The van der Waals surface area contributed by atoms with Crippen LogP contribution in [0.2, 0.25) is 0 Å². The van der Waals surface area contributed by atoms with E-state index in [9.17, 15) is 9.00 Å². The molecule has 0 radical (unpaired) electrons. The van der Waals surface area contributed by atoms with E-state index >= 15 is 0 Å². The Hall–Kier alpha value is -1.73. The lowest BCUT2D eigenvalue weighted by Crippen LogP contribution is -2.30. The van der Waals surface area contributed by atoms with E-state index in [4.69, 9.17) is 0 Å². The summed E-state index contributed by atoms with van der Waals surface area (Å²) in [5.74, 6) is 0.319. The number of hydrogen-bond acceptors (Lipinski definition) is 5. The van der Waals surface area contributed by atoms with Gasteiger partial charge in [0.1, 0.15) is 0 Å². The Bertz CT molecular complexity index is 639. The highest BCUT2D eigenvalue weighted by Gasteiger charge is 2.09. The molecule has 7 heteroatoms. The number of benzene rings is 1. The van der Waals surface area contributed by atoms with Crippen LogP contribution in [0.15, 0.2) is 29.1 Å². The molecule has 1 aromatic heterocycles. The topological polar surface area (TPSA) is 70.4 Å². The second kappa shape index (κ2) is 7.01. The Morgan fingerprint density at radius 3 is 2.53 bits per heavy atom. The van der Waals surface area contributed by atoms with E-state index in [0.717, 1.165) is 4.73 Å². The molecule has 0 aliphatic carbocycles. The van der Waals surface area contributed by atoms with Gasteiger partial charge in [0.05, 0.1) is 10.9 Å². The maximum Gasteiger partial charge on any atom is 0.297 e. The molecule has 0 aliphatic heterocycles. The minimum absolute atomic E-state index is 0.319. The molecule has 0 spiro atoms. The van der Waals surface area contributed by atoms with Gasteiger partial charge in [0.25, 0.3) is 5.56 Å². The van der Waals surface area contributed by atoms with Gasteiger partial charge in [0, 0.05) is 6.26 Å². The highest BCUT2D eigenvalue weighted by molar-refractivity contribution is 7.79. The van der Waals surface area contributed by atoms with E-state index in [2.05, 4.69) is 14.3 Å². The molecule has 0 N–H and O–H groups in total. The Balaban J connectivity index is 0.000000861. The Labute approximate surface area is 113 Å². The minimum Gasteiger partial charge on any atom is -0.265 e. The van der Waals surface area contributed by atoms with Gasteiger partial charge in [-0.15, -0.1) is 0 Å². The first kappa shape index (κ1) is 15.3. The highest BCUT2D eigenvalue weighted by atomic mass is 32.2. The molecule has 6 nitrogen and oxygen atoms in total. The maximum atomic E-state index is 12.0. The normalized spacial score (nSPS) is 11.6. The van der Waals surface area contributed by atoms with Crippen LogP contribution < -0.4 is 10.5 Å². The zero-order valence-corrected chi connectivity index (χ0v) is 12.1. The first-order chi connectivity index (χ1) is 9.09. The summed E-state index contributed by atoms with van der Waals surface area (Å²) in [7, 11) is 0. The van der Waals surface area contributed by atoms with Crippen molar-refractivity contribution in [1.82, 2.24) is 9.71 Å². The summed E-state index contributed by atoms with van der Waals surface area (Å²) >= 11 is -1.63. The largest absolute Gasteiger partial charge is 0.297 e. The molecule has 2 rings (SSSR count). The smallest absolute Gasteiger partial charge is 0.265 e. The van der Waals surface area contributed by atoms with Crippen molar-refractivity contribution in [3.05, 3.63) is 40.4 Å². The lowest BCUT2D eigenvalue weighted by atomic mass is 10.2. The number of para-hydroxylation sites is 1. The fourth-order valence-corrected chi connectivity index (χ4v) is 1.54. The van der Waals surface area contributed by atoms with Crippen molar-refractivity contribution in [2.24, 2.45) is 0 Å². The first-order valence-electron chi connectivity index (χ1n) is 5.77. The van der Waals surface area contributed by atoms with Gasteiger partial charge in [-0.25, -0.2) is 14.2 Å². The molecule has 19 heavy (non-hydrogen) atoms. The molecule has 1 atom stereocenters. The van der Waals surface area contributed by atoms with Crippen LogP contribution in [0.25, 0.3) is 10.9 Å². The van der Waals surface area contributed by atoms with Gasteiger partial charge >= 0.3 is 0 Å². The maximum absolute atomic E-state index is 12.0. The van der Waals surface area contributed by atoms with Gasteiger partial charge in [-0.1, -0.05) is 35.0 Å². The van der Waals surface area contributed by atoms with Gasteiger partial charge in [0.2, 0.25) is 0 Å². The Morgan fingerprint density at radius 1 is 1.26 bits per heavy atom. The van der Waals surface area contributed by atoms with Crippen LogP contribution in [0.5, 0.6) is 0 Å². The van der Waals surface area contributed by atoms with Gasteiger partial charge in [0.15, 0.2) is 16.9 Å². The fraction of sp³-hybridized carbons (Fsp3) is 0.333. The van der Waals surface area contributed by atoms with Crippen molar-refractivity contribution in [1.29, 1.82) is 0 Å². The molecule has 0 saturated carbocycles. The van der Waals surface area contributed by atoms with Crippen molar-refractivity contribution in [2.75, 3.05) is 6.26 Å². The summed E-state index contributed by atoms with van der Waals surface area (Å²) in [6.07, 6.45) is 1.29. The van der Waals surface area contributed by atoms with E-state index < -0.39 is 16.6 Å². The second-order valence-corrected chi connectivity index (χ2v) is 4.26. The molecule has 0 aliphatic rings. The van der Waals surface area contributed by atoms with Crippen LogP contribution in [-0.2, 0) is 15.4 Å². The summed E-state index contributed by atoms with van der Waals surface area (Å²) in [5, 5.41) is 0.406. The number of rotatable bonds is 3.